The molecule has 23 heavy (non-hydrogen) atoms. The summed E-state index contributed by atoms with van der Waals surface area (Å²) in [5.41, 5.74) is 1.84. The maximum Gasteiger partial charge on any atom is 0.338 e. The molecule has 1 N–H and O–H groups in total. The summed E-state index contributed by atoms with van der Waals surface area (Å²) in [6.07, 6.45) is -0.929. The molecule has 2 aromatic carbocycles. The molecule has 4 nitrogen and oxygen atoms in total. The van der Waals surface area contributed by atoms with E-state index >= 15 is 0 Å². The van der Waals surface area contributed by atoms with Crippen LogP contribution >= 0.6 is 27.5 Å². The summed E-state index contributed by atoms with van der Waals surface area (Å²) in [4.78, 5) is 24.1. The van der Waals surface area contributed by atoms with Crippen LogP contribution in [0.5, 0.6) is 0 Å². The predicted molar refractivity (Wildman–Crippen MR) is 93.8 cm³/mol. The first-order chi connectivity index (χ1) is 10.9. The Morgan fingerprint density at radius 3 is 2.61 bits per heavy atom. The topological polar surface area (TPSA) is 55.4 Å². The van der Waals surface area contributed by atoms with Gasteiger partial charge in [-0.15, -0.1) is 0 Å². The molecule has 0 radical (unpaired) electrons. The van der Waals surface area contributed by atoms with E-state index in [1.165, 1.54) is 6.92 Å². The summed E-state index contributed by atoms with van der Waals surface area (Å²) in [6, 6.07) is 12.0. The molecule has 1 amide bonds. The van der Waals surface area contributed by atoms with Gasteiger partial charge >= 0.3 is 5.97 Å². The number of carbonyl (C=O) groups excluding carboxylic acids is 2. The molecule has 120 valence electrons. The highest BCUT2D eigenvalue weighted by Gasteiger charge is 2.19. The predicted octanol–water partition coefficient (Wildman–Crippen LogP) is 4.59. The highest BCUT2D eigenvalue weighted by atomic mass is 79.9. The standard InChI is InChI=1S/C17H15BrClNO3/c1-10-6-7-14(9-15(10)19)20-16(21)11(2)23-17(22)12-4-3-5-13(18)8-12/h3-9,11H,1-2H3,(H,20,21)/t11-/m1/s1. The van der Waals surface area contributed by atoms with E-state index in [1.807, 2.05) is 6.92 Å². The van der Waals surface area contributed by atoms with Gasteiger partial charge in [0, 0.05) is 15.2 Å². The van der Waals surface area contributed by atoms with Gasteiger partial charge in [0.25, 0.3) is 5.91 Å². The Hall–Kier alpha value is -1.85. The van der Waals surface area contributed by atoms with Gasteiger partial charge in [0.05, 0.1) is 5.56 Å². The van der Waals surface area contributed by atoms with E-state index in [1.54, 1.807) is 42.5 Å². The number of hydrogen-bond donors (Lipinski definition) is 1. The lowest BCUT2D eigenvalue weighted by molar-refractivity contribution is -0.123. The maximum absolute atomic E-state index is 12.1. The van der Waals surface area contributed by atoms with Gasteiger partial charge in [0.15, 0.2) is 6.10 Å². The molecule has 0 saturated carbocycles. The van der Waals surface area contributed by atoms with E-state index in [0.29, 0.717) is 16.3 Å². The van der Waals surface area contributed by atoms with Crippen molar-refractivity contribution in [1.29, 1.82) is 0 Å². The average molecular weight is 397 g/mol. The molecule has 0 bridgehead atoms. The largest absolute Gasteiger partial charge is 0.449 e. The molecular weight excluding hydrogens is 382 g/mol. The Bertz CT molecular complexity index is 748. The van der Waals surface area contributed by atoms with Crippen molar-refractivity contribution in [1.82, 2.24) is 0 Å². The first kappa shape index (κ1) is 17.5. The van der Waals surface area contributed by atoms with Crippen molar-refractivity contribution in [3.05, 3.63) is 63.1 Å². The summed E-state index contributed by atoms with van der Waals surface area (Å²) in [7, 11) is 0. The number of hydrogen-bond acceptors (Lipinski definition) is 3. The molecule has 0 aliphatic heterocycles. The average Bonchev–Trinajstić information content (AvgIpc) is 2.50. The number of halogens is 2. The molecule has 2 rings (SSSR count). The minimum atomic E-state index is -0.929. The van der Waals surface area contributed by atoms with Crippen molar-refractivity contribution in [2.75, 3.05) is 5.32 Å². The highest BCUT2D eigenvalue weighted by Crippen LogP contribution is 2.20. The summed E-state index contributed by atoms with van der Waals surface area (Å²) in [5, 5.41) is 3.23. The van der Waals surface area contributed by atoms with E-state index in [4.69, 9.17) is 16.3 Å². The fraction of sp³-hybridized carbons (Fsp3) is 0.176. The fourth-order valence-corrected chi connectivity index (χ4v) is 2.39. The molecule has 0 saturated heterocycles. The van der Waals surface area contributed by atoms with Crippen LogP contribution in [0.2, 0.25) is 5.02 Å². The second-order valence-electron chi connectivity index (χ2n) is 5.01. The maximum atomic E-state index is 12.1. The number of aryl methyl sites for hydroxylation is 1. The lowest BCUT2D eigenvalue weighted by Gasteiger charge is -2.14. The minimum Gasteiger partial charge on any atom is -0.449 e. The number of amides is 1. The monoisotopic (exact) mass is 395 g/mol. The fourth-order valence-electron chi connectivity index (χ4n) is 1.81. The van der Waals surface area contributed by atoms with Gasteiger partial charge in [0.2, 0.25) is 0 Å². The Morgan fingerprint density at radius 2 is 1.96 bits per heavy atom. The van der Waals surface area contributed by atoms with E-state index < -0.39 is 18.0 Å². The molecule has 0 unspecified atom stereocenters. The summed E-state index contributed by atoms with van der Waals surface area (Å²) in [5.74, 6) is -0.982. The normalized spacial score (nSPS) is 11.7. The second-order valence-corrected chi connectivity index (χ2v) is 6.33. The van der Waals surface area contributed by atoms with Crippen LogP contribution in [0.4, 0.5) is 5.69 Å². The molecule has 1 atom stereocenters. The van der Waals surface area contributed by atoms with E-state index in [9.17, 15) is 9.59 Å². The second kappa shape index (κ2) is 7.62. The molecule has 0 fully saturated rings. The Labute approximate surface area is 147 Å². The van der Waals surface area contributed by atoms with Crippen LogP contribution < -0.4 is 5.32 Å². The first-order valence-corrected chi connectivity index (χ1v) is 8.07. The van der Waals surface area contributed by atoms with Crippen molar-refractivity contribution < 1.29 is 14.3 Å². The number of carbonyl (C=O) groups is 2. The quantitative estimate of drug-likeness (QED) is 0.769. The molecule has 0 spiro atoms. The van der Waals surface area contributed by atoms with Crippen molar-refractivity contribution in [2.24, 2.45) is 0 Å². The number of benzene rings is 2. The smallest absolute Gasteiger partial charge is 0.338 e. The molecule has 0 aliphatic carbocycles. The van der Waals surface area contributed by atoms with Gasteiger partial charge in [-0.3, -0.25) is 4.79 Å². The Balaban J connectivity index is 1.99. The molecule has 6 heteroatoms. The molecule has 2 aromatic rings. The van der Waals surface area contributed by atoms with E-state index in [0.717, 1.165) is 10.0 Å². The van der Waals surface area contributed by atoms with E-state index in [2.05, 4.69) is 21.2 Å². The van der Waals surface area contributed by atoms with Gasteiger partial charge in [-0.25, -0.2) is 4.79 Å². The van der Waals surface area contributed by atoms with Crippen LogP contribution in [-0.2, 0) is 9.53 Å². The van der Waals surface area contributed by atoms with Gasteiger partial charge in [0.1, 0.15) is 0 Å². The first-order valence-electron chi connectivity index (χ1n) is 6.90. The lowest BCUT2D eigenvalue weighted by Crippen LogP contribution is -2.30. The third-order valence-corrected chi connectivity index (χ3v) is 4.05. The number of nitrogens with one attached hydrogen (secondary N) is 1. The van der Waals surface area contributed by atoms with Crippen LogP contribution in [-0.4, -0.2) is 18.0 Å². The van der Waals surface area contributed by atoms with Crippen LogP contribution in [0.15, 0.2) is 46.9 Å². The Morgan fingerprint density at radius 1 is 1.22 bits per heavy atom. The van der Waals surface area contributed by atoms with Gasteiger partial charge in [-0.2, -0.15) is 0 Å². The lowest BCUT2D eigenvalue weighted by atomic mass is 10.2. The van der Waals surface area contributed by atoms with Crippen molar-refractivity contribution in [3.63, 3.8) is 0 Å². The van der Waals surface area contributed by atoms with Crippen molar-refractivity contribution in [3.8, 4) is 0 Å². The van der Waals surface area contributed by atoms with Gasteiger partial charge in [-0.1, -0.05) is 39.7 Å². The number of rotatable bonds is 4. The van der Waals surface area contributed by atoms with E-state index in [-0.39, 0.29) is 0 Å². The van der Waals surface area contributed by atoms with Gasteiger partial charge < -0.3 is 10.1 Å². The molecule has 0 aromatic heterocycles. The van der Waals surface area contributed by atoms with Crippen LogP contribution in [0.3, 0.4) is 0 Å². The summed E-state index contributed by atoms with van der Waals surface area (Å²) < 4.78 is 5.94. The molecule has 0 aliphatic rings. The number of ether oxygens (including phenoxy) is 1. The minimum absolute atomic E-state index is 0.373. The highest BCUT2D eigenvalue weighted by molar-refractivity contribution is 9.10. The Kier molecular flexibility index (Phi) is 5.80. The van der Waals surface area contributed by atoms with Crippen LogP contribution in [0, 0.1) is 6.92 Å². The number of anilines is 1. The van der Waals surface area contributed by atoms with Crippen LogP contribution in [0.1, 0.15) is 22.8 Å². The van der Waals surface area contributed by atoms with Crippen molar-refractivity contribution in [2.45, 2.75) is 20.0 Å². The van der Waals surface area contributed by atoms with Crippen LogP contribution in [0.25, 0.3) is 0 Å². The van der Waals surface area contributed by atoms with Crippen molar-refractivity contribution >= 4 is 45.1 Å². The zero-order valence-electron chi connectivity index (χ0n) is 12.6. The number of esters is 1. The SMILES string of the molecule is Cc1ccc(NC(=O)[C@@H](C)OC(=O)c2cccc(Br)c2)cc1Cl. The summed E-state index contributed by atoms with van der Waals surface area (Å²) >= 11 is 9.30. The molecular formula is C17H15BrClNO3. The zero-order valence-corrected chi connectivity index (χ0v) is 14.9. The summed E-state index contributed by atoms with van der Waals surface area (Å²) in [6.45, 7) is 3.39. The molecule has 0 heterocycles. The van der Waals surface area contributed by atoms with Gasteiger partial charge in [-0.05, 0) is 49.7 Å². The third kappa shape index (κ3) is 4.81. The third-order valence-electron chi connectivity index (χ3n) is 3.15. The zero-order chi connectivity index (χ0) is 17.0.